The van der Waals surface area contributed by atoms with E-state index in [9.17, 15) is 13.2 Å². The van der Waals surface area contributed by atoms with Gasteiger partial charge in [-0.3, -0.25) is 4.90 Å². The predicted octanol–water partition coefficient (Wildman–Crippen LogP) is 4.99. The predicted molar refractivity (Wildman–Crippen MR) is 85.8 cm³/mol. The van der Waals surface area contributed by atoms with Crippen LogP contribution in [0.4, 0.5) is 13.2 Å². The highest BCUT2D eigenvalue weighted by molar-refractivity contribution is 5.72. The van der Waals surface area contributed by atoms with Gasteiger partial charge in [-0.05, 0) is 35.8 Å². The van der Waals surface area contributed by atoms with Gasteiger partial charge >= 0.3 is 6.18 Å². The fraction of sp³-hybridized carbons (Fsp3) is 0.263. The summed E-state index contributed by atoms with van der Waals surface area (Å²) in [6.07, 6.45) is -4.28. The quantitative estimate of drug-likeness (QED) is 0.770. The molecule has 1 aliphatic heterocycles. The van der Waals surface area contributed by atoms with Crippen LogP contribution in [0.15, 0.2) is 60.2 Å². The molecule has 0 unspecified atom stereocenters. The highest BCUT2D eigenvalue weighted by atomic mass is 19.4. The van der Waals surface area contributed by atoms with E-state index >= 15 is 0 Å². The van der Waals surface area contributed by atoms with Gasteiger partial charge in [0, 0.05) is 19.6 Å². The van der Waals surface area contributed by atoms with Crippen LogP contribution in [0, 0.1) is 0 Å². The zero-order chi connectivity index (χ0) is 16.4. The third kappa shape index (κ3) is 3.64. The average Bonchev–Trinajstić information content (AvgIpc) is 2.88. The Morgan fingerprint density at radius 2 is 1.57 bits per heavy atom. The van der Waals surface area contributed by atoms with Gasteiger partial charge < -0.3 is 0 Å². The molecule has 0 radical (unpaired) electrons. The SMILES string of the molecule is CC1=C(c2ccc(C(F)(F)F)cc2)CN(Cc2ccccc2)C1. The maximum absolute atomic E-state index is 12.7. The Balaban J connectivity index is 1.72. The summed E-state index contributed by atoms with van der Waals surface area (Å²) in [5.74, 6) is 0. The smallest absolute Gasteiger partial charge is 0.291 e. The van der Waals surface area contributed by atoms with Crippen LogP contribution < -0.4 is 0 Å². The van der Waals surface area contributed by atoms with Crippen molar-refractivity contribution in [2.45, 2.75) is 19.6 Å². The van der Waals surface area contributed by atoms with E-state index in [-0.39, 0.29) is 0 Å². The number of benzene rings is 2. The summed E-state index contributed by atoms with van der Waals surface area (Å²) < 4.78 is 38.0. The van der Waals surface area contributed by atoms with Crippen molar-refractivity contribution < 1.29 is 13.2 Å². The molecule has 0 amide bonds. The second-order valence-electron chi connectivity index (χ2n) is 5.96. The lowest BCUT2D eigenvalue weighted by molar-refractivity contribution is -0.137. The maximum Gasteiger partial charge on any atom is 0.416 e. The Labute approximate surface area is 134 Å². The Hall–Kier alpha value is -2.07. The molecule has 0 saturated heterocycles. The van der Waals surface area contributed by atoms with E-state index in [1.54, 1.807) is 12.1 Å². The number of nitrogens with zero attached hydrogens (tertiary/aromatic N) is 1. The zero-order valence-electron chi connectivity index (χ0n) is 12.9. The summed E-state index contributed by atoms with van der Waals surface area (Å²) in [5.41, 5.74) is 3.88. The molecule has 1 aliphatic rings. The van der Waals surface area contributed by atoms with Gasteiger partial charge in [0.15, 0.2) is 0 Å². The second-order valence-corrected chi connectivity index (χ2v) is 5.96. The lowest BCUT2D eigenvalue weighted by Crippen LogP contribution is -2.20. The number of hydrogen-bond donors (Lipinski definition) is 0. The summed E-state index contributed by atoms with van der Waals surface area (Å²) in [5, 5.41) is 0. The zero-order valence-corrected chi connectivity index (χ0v) is 12.9. The summed E-state index contributed by atoms with van der Waals surface area (Å²) in [6.45, 7) is 4.53. The van der Waals surface area contributed by atoms with Crippen LogP contribution in [0.3, 0.4) is 0 Å². The summed E-state index contributed by atoms with van der Waals surface area (Å²) >= 11 is 0. The van der Waals surface area contributed by atoms with Gasteiger partial charge in [0.05, 0.1) is 5.56 Å². The van der Waals surface area contributed by atoms with E-state index in [0.29, 0.717) is 0 Å². The molecule has 0 aromatic heterocycles. The van der Waals surface area contributed by atoms with E-state index in [1.807, 2.05) is 18.2 Å². The molecular weight excluding hydrogens is 299 g/mol. The molecule has 1 nitrogen and oxygen atoms in total. The summed E-state index contributed by atoms with van der Waals surface area (Å²) in [4.78, 5) is 2.30. The van der Waals surface area contributed by atoms with Crippen molar-refractivity contribution in [2.24, 2.45) is 0 Å². The van der Waals surface area contributed by atoms with Crippen molar-refractivity contribution in [1.29, 1.82) is 0 Å². The van der Waals surface area contributed by atoms with E-state index in [2.05, 4.69) is 24.0 Å². The highest BCUT2D eigenvalue weighted by Gasteiger charge is 2.30. The third-order valence-corrected chi connectivity index (χ3v) is 4.17. The maximum atomic E-state index is 12.7. The minimum Gasteiger partial charge on any atom is -0.291 e. The standard InChI is InChI=1S/C19H18F3N/c1-14-11-23(12-15-5-3-2-4-6-15)13-18(14)16-7-9-17(10-8-16)19(20,21)22/h2-10H,11-13H2,1H3. The first-order valence-electron chi connectivity index (χ1n) is 7.56. The van der Waals surface area contributed by atoms with Crippen LogP contribution in [0.1, 0.15) is 23.6 Å². The first-order chi connectivity index (χ1) is 10.9. The van der Waals surface area contributed by atoms with Crippen LogP contribution in [-0.2, 0) is 12.7 Å². The molecule has 0 spiro atoms. The molecule has 3 rings (SSSR count). The molecule has 0 fully saturated rings. The average molecular weight is 317 g/mol. The second kappa shape index (κ2) is 6.20. The first-order valence-corrected chi connectivity index (χ1v) is 7.56. The summed E-state index contributed by atoms with van der Waals surface area (Å²) in [7, 11) is 0. The normalized spacial score (nSPS) is 16.2. The number of hydrogen-bond acceptors (Lipinski definition) is 1. The van der Waals surface area contributed by atoms with E-state index < -0.39 is 11.7 Å². The lowest BCUT2D eigenvalue weighted by atomic mass is 10.0. The van der Waals surface area contributed by atoms with E-state index in [4.69, 9.17) is 0 Å². The minimum atomic E-state index is -4.28. The number of halogens is 3. The van der Waals surface area contributed by atoms with Crippen molar-refractivity contribution in [3.05, 3.63) is 76.9 Å². The van der Waals surface area contributed by atoms with E-state index in [1.165, 1.54) is 11.1 Å². The molecule has 2 aromatic rings. The molecular formula is C19H18F3N. The molecule has 0 bridgehead atoms. The molecule has 23 heavy (non-hydrogen) atoms. The molecule has 2 aromatic carbocycles. The lowest BCUT2D eigenvalue weighted by Gasteiger charge is -2.16. The Kier molecular flexibility index (Phi) is 4.26. The molecule has 4 heteroatoms. The van der Waals surface area contributed by atoms with Gasteiger partial charge in [-0.1, -0.05) is 48.0 Å². The van der Waals surface area contributed by atoms with Crippen molar-refractivity contribution in [2.75, 3.05) is 13.1 Å². The van der Waals surface area contributed by atoms with Crippen LogP contribution >= 0.6 is 0 Å². The number of alkyl halides is 3. The number of rotatable bonds is 3. The van der Waals surface area contributed by atoms with E-state index in [0.717, 1.165) is 42.9 Å². The largest absolute Gasteiger partial charge is 0.416 e. The first kappa shape index (κ1) is 15.8. The Morgan fingerprint density at radius 3 is 2.17 bits per heavy atom. The molecule has 0 saturated carbocycles. The highest BCUT2D eigenvalue weighted by Crippen LogP contribution is 2.32. The molecule has 0 N–H and O–H groups in total. The van der Waals surface area contributed by atoms with Gasteiger partial charge in [0.25, 0.3) is 0 Å². The minimum absolute atomic E-state index is 0.598. The van der Waals surface area contributed by atoms with Crippen molar-refractivity contribution in [3.63, 3.8) is 0 Å². The van der Waals surface area contributed by atoms with Gasteiger partial charge in [-0.2, -0.15) is 13.2 Å². The molecule has 0 atom stereocenters. The third-order valence-electron chi connectivity index (χ3n) is 4.17. The van der Waals surface area contributed by atoms with Crippen LogP contribution in [0.2, 0.25) is 0 Å². The van der Waals surface area contributed by atoms with Crippen LogP contribution in [0.25, 0.3) is 5.57 Å². The molecule has 0 aliphatic carbocycles. The van der Waals surface area contributed by atoms with Gasteiger partial charge in [-0.15, -0.1) is 0 Å². The monoisotopic (exact) mass is 317 g/mol. The summed E-state index contributed by atoms with van der Waals surface area (Å²) in [6, 6.07) is 15.7. The van der Waals surface area contributed by atoms with Gasteiger partial charge in [0.2, 0.25) is 0 Å². The Morgan fingerprint density at radius 1 is 0.913 bits per heavy atom. The van der Waals surface area contributed by atoms with Crippen LogP contribution in [-0.4, -0.2) is 18.0 Å². The van der Waals surface area contributed by atoms with Gasteiger partial charge in [-0.25, -0.2) is 0 Å². The van der Waals surface area contributed by atoms with Crippen molar-refractivity contribution in [1.82, 2.24) is 4.90 Å². The fourth-order valence-corrected chi connectivity index (χ4v) is 3.00. The van der Waals surface area contributed by atoms with Crippen LogP contribution in [0.5, 0.6) is 0 Å². The van der Waals surface area contributed by atoms with Crippen molar-refractivity contribution >= 4 is 5.57 Å². The topological polar surface area (TPSA) is 3.24 Å². The molecule has 1 heterocycles. The van der Waals surface area contributed by atoms with Gasteiger partial charge in [0.1, 0.15) is 0 Å². The molecule has 120 valence electrons. The Bertz CT molecular complexity index is 700. The fourth-order valence-electron chi connectivity index (χ4n) is 3.00. The van der Waals surface area contributed by atoms with Crippen molar-refractivity contribution in [3.8, 4) is 0 Å².